The van der Waals surface area contributed by atoms with E-state index in [1.54, 1.807) is 0 Å². The van der Waals surface area contributed by atoms with Crippen LogP contribution < -0.4 is 5.32 Å². The number of carbonyl (C=O) groups is 1. The third-order valence-corrected chi connectivity index (χ3v) is 1.99. The maximum atomic E-state index is 10.4. The molecule has 1 N–H and O–H groups in total. The first-order chi connectivity index (χ1) is 5.29. The van der Waals surface area contributed by atoms with E-state index in [1.807, 2.05) is 0 Å². The van der Waals surface area contributed by atoms with Crippen LogP contribution in [0.2, 0.25) is 0 Å². The molecule has 1 atom stereocenters. The summed E-state index contributed by atoms with van der Waals surface area (Å²) in [5.74, 6) is 0.547. The predicted molar refractivity (Wildman–Crippen MR) is 42.2 cm³/mol. The lowest BCUT2D eigenvalue weighted by Gasteiger charge is -2.06. The van der Waals surface area contributed by atoms with Crippen LogP contribution in [0.5, 0.6) is 0 Å². The fraction of sp³-hybridized carbons (Fsp3) is 0.875. The molecule has 64 valence electrons. The third-order valence-electron chi connectivity index (χ3n) is 1.99. The van der Waals surface area contributed by atoms with Gasteiger partial charge in [-0.1, -0.05) is 0 Å². The normalized spacial score (nSPS) is 23.5. The van der Waals surface area contributed by atoms with Crippen LogP contribution in [0.3, 0.4) is 0 Å². The number of nitrogens with one attached hydrogen (secondary N) is 1. The average Bonchev–Trinajstić information content (AvgIpc) is 2.39. The largest absolute Gasteiger partial charge is 0.466 e. The molecule has 1 saturated heterocycles. The molecular weight excluding hydrogens is 142 g/mol. The highest BCUT2D eigenvalue weighted by atomic mass is 16.5. The smallest absolute Gasteiger partial charge is 0.302 e. The molecule has 0 aliphatic carbocycles. The molecule has 3 heteroatoms. The number of ether oxygens (including phenoxy) is 1. The molecular formula is C8H15NO2. The molecule has 3 nitrogen and oxygen atoms in total. The second kappa shape index (κ2) is 4.34. The molecule has 0 amide bonds. The predicted octanol–water partition coefficient (Wildman–Crippen LogP) is 0.549. The molecule has 1 aliphatic heterocycles. The van der Waals surface area contributed by atoms with E-state index in [1.165, 1.54) is 13.3 Å². The molecule has 11 heavy (non-hydrogen) atoms. The maximum Gasteiger partial charge on any atom is 0.302 e. The SMILES string of the molecule is CC(=O)OCCC1CCNC1. The minimum absolute atomic E-state index is 0.170. The Bertz CT molecular complexity index is 130. The summed E-state index contributed by atoms with van der Waals surface area (Å²) in [6.45, 7) is 4.24. The van der Waals surface area contributed by atoms with Gasteiger partial charge in [-0.05, 0) is 31.8 Å². The lowest BCUT2D eigenvalue weighted by atomic mass is 10.1. The van der Waals surface area contributed by atoms with Gasteiger partial charge in [-0.15, -0.1) is 0 Å². The Labute approximate surface area is 67.1 Å². The number of hydrogen-bond acceptors (Lipinski definition) is 3. The van der Waals surface area contributed by atoms with Crippen molar-refractivity contribution in [2.75, 3.05) is 19.7 Å². The van der Waals surface area contributed by atoms with Gasteiger partial charge in [0.15, 0.2) is 0 Å². The lowest BCUT2D eigenvalue weighted by molar-refractivity contribution is -0.141. The standard InChI is InChI=1S/C8H15NO2/c1-7(10)11-5-3-8-2-4-9-6-8/h8-9H,2-6H2,1H3. The van der Waals surface area contributed by atoms with Crippen molar-refractivity contribution in [1.29, 1.82) is 0 Å². The van der Waals surface area contributed by atoms with Crippen molar-refractivity contribution in [3.63, 3.8) is 0 Å². The zero-order valence-corrected chi connectivity index (χ0v) is 6.93. The highest BCUT2D eigenvalue weighted by molar-refractivity contribution is 5.65. The van der Waals surface area contributed by atoms with Crippen molar-refractivity contribution >= 4 is 5.97 Å². The van der Waals surface area contributed by atoms with Crippen molar-refractivity contribution < 1.29 is 9.53 Å². The summed E-state index contributed by atoms with van der Waals surface area (Å²) in [4.78, 5) is 10.4. The van der Waals surface area contributed by atoms with Gasteiger partial charge in [0.1, 0.15) is 0 Å². The van der Waals surface area contributed by atoms with Crippen LogP contribution in [0.25, 0.3) is 0 Å². The van der Waals surface area contributed by atoms with Gasteiger partial charge in [0.2, 0.25) is 0 Å². The van der Waals surface area contributed by atoms with Crippen molar-refractivity contribution in [3.05, 3.63) is 0 Å². The van der Waals surface area contributed by atoms with E-state index in [2.05, 4.69) is 5.32 Å². The van der Waals surface area contributed by atoms with E-state index in [0.717, 1.165) is 19.5 Å². The van der Waals surface area contributed by atoms with Crippen LogP contribution in [0, 0.1) is 5.92 Å². The second-order valence-electron chi connectivity index (χ2n) is 2.99. The van der Waals surface area contributed by atoms with Gasteiger partial charge < -0.3 is 10.1 Å². The van der Waals surface area contributed by atoms with Crippen LogP contribution >= 0.6 is 0 Å². The molecule has 0 bridgehead atoms. The monoisotopic (exact) mass is 157 g/mol. The Hall–Kier alpha value is -0.570. The maximum absolute atomic E-state index is 10.4. The van der Waals surface area contributed by atoms with Crippen LogP contribution in [0.4, 0.5) is 0 Å². The van der Waals surface area contributed by atoms with Gasteiger partial charge in [-0.3, -0.25) is 4.79 Å². The van der Waals surface area contributed by atoms with Gasteiger partial charge in [-0.2, -0.15) is 0 Å². The summed E-state index contributed by atoms with van der Waals surface area (Å²) in [5, 5.41) is 3.27. The van der Waals surface area contributed by atoms with E-state index in [-0.39, 0.29) is 5.97 Å². The molecule has 1 fully saturated rings. The number of hydrogen-bond donors (Lipinski definition) is 1. The Balaban J connectivity index is 1.98. The molecule has 0 spiro atoms. The Morgan fingerprint density at radius 1 is 1.73 bits per heavy atom. The van der Waals surface area contributed by atoms with E-state index in [9.17, 15) is 4.79 Å². The van der Waals surface area contributed by atoms with Gasteiger partial charge >= 0.3 is 5.97 Å². The summed E-state index contributed by atoms with van der Waals surface area (Å²) >= 11 is 0. The molecule has 1 aliphatic rings. The van der Waals surface area contributed by atoms with E-state index in [4.69, 9.17) is 4.74 Å². The highest BCUT2D eigenvalue weighted by Crippen LogP contribution is 2.11. The molecule has 0 aromatic heterocycles. The summed E-state index contributed by atoms with van der Waals surface area (Å²) < 4.78 is 4.84. The molecule has 0 radical (unpaired) electrons. The fourth-order valence-corrected chi connectivity index (χ4v) is 1.33. The summed E-state index contributed by atoms with van der Waals surface area (Å²) in [6.07, 6.45) is 2.23. The average molecular weight is 157 g/mol. The molecule has 1 rings (SSSR count). The van der Waals surface area contributed by atoms with Gasteiger partial charge in [-0.25, -0.2) is 0 Å². The molecule has 1 heterocycles. The molecule has 0 aromatic carbocycles. The summed E-state index contributed by atoms with van der Waals surface area (Å²) in [6, 6.07) is 0. The Morgan fingerprint density at radius 2 is 2.55 bits per heavy atom. The van der Waals surface area contributed by atoms with Crippen molar-refractivity contribution in [2.45, 2.75) is 19.8 Å². The zero-order chi connectivity index (χ0) is 8.10. The molecule has 0 saturated carbocycles. The fourth-order valence-electron chi connectivity index (χ4n) is 1.33. The van der Waals surface area contributed by atoms with Crippen molar-refractivity contribution in [1.82, 2.24) is 5.32 Å². The van der Waals surface area contributed by atoms with Crippen molar-refractivity contribution in [2.24, 2.45) is 5.92 Å². The topological polar surface area (TPSA) is 38.3 Å². The van der Waals surface area contributed by atoms with Crippen LogP contribution in [0.1, 0.15) is 19.8 Å². The minimum atomic E-state index is -0.170. The van der Waals surface area contributed by atoms with Gasteiger partial charge in [0.05, 0.1) is 6.61 Å². The van der Waals surface area contributed by atoms with Crippen molar-refractivity contribution in [3.8, 4) is 0 Å². The minimum Gasteiger partial charge on any atom is -0.466 e. The summed E-state index contributed by atoms with van der Waals surface area (Å²) in [7, 11) is 0. The van der Waals surface area contributed by atoms with Crippen LogP contribution in [0.15, 0.2) is 0 Å². The Morgan fingerprint density at radius 3 is 3.09 bits per heavy atom. The van der Waals surface area contributed by atoms with Gasteiger partial charge in [0, 0.05) is 6.92 Å². The van der Waals surface area contributed by atoms with E-state index in [0.29, 0.717) is 12.5 Å². The second-order valence-corrected chi connectivity index (χ2v) is 2.99. The Kier molecular flexibility index (Phi) is 3.36. The van der Waals surface area contributed by atoms with Gasteiger partial charge in [0.25, 0.3) is 0 Å². The summed E-state index contributed by atoms with van der Waals surface area (Å²) in [5.41, 5.74) is 0. The first-order valence-corrected chi connectivity index (χ1v) is 4.13. The first kappa shape index (κ1) is 8.53. The quantitative estimate of drug-likeness (QED) is 0.608. The number of esters is 1. The van der Waals surface area contributed by atoms with E-state index < -0.39 is 0 Å². The van der Waals surface area contributed by atoms with Crippen LogP contribution in [-0.4, -0.2) is 25.7 Å². The molecule has 1 unspecified atom stereocenters. The van der Waals surface area contributed by atoms with Crippen LogP contribution in [-0.2, 0) is 9.53 Å². The third kappa shape index (κ3) is 3.37. The first-order valence-electron chi connectivity index (χ1n) is 4.13. The zero-order valence-electron chi connectivity index (χ0n) is 6.93. The van der Waals surface area contributed by atoms with E-state index >= 15 is 0 Å². The highest BCUT2D eigenvalue weighted by Gasteiger charge is 2.13. The number of rotatable bonds is 3. The molecule has 0 aromatic rings. The number of carbonyl (C=O) groups excluding carboxylic acids is 1. The lowest BCUT2D eigenvalue weighted by Crippen LogP contribution is -2.11.